The third-order valence-corrected chi connectivity index (χ3v) is 4.81. The van der Waals surface area contributed by atoms with Crippen molar-refractivity contribution in [1.82, 2.24) is 9.80 Å². The zero-order chi connectivity index (χ0) is 18.5. The van der Waals surface area contributed by atoms with Crippen LogP contribution in [0.15, 0.2) is 48.5 Å². The molecule has 3 rings (SSSR count). The molecule has 0 amide bonds. The molecule has 1 aliphatic heterocycles. The summed E-state index contributed by atoms with van der Waals surface area (Å²) in [6, 6.07) is 15.9. The number of piperazine rings is 1. The van der Waals surface area contributed by atoms with Crippen molar-refractivity contribution in [2.24, 2.45) is 11.5 Å². The Balaban J connectivity index is 0. The van der Waals surface area contributed by atoms with Crippen molar-refractivity contribution in [3.05, 3.63) is 70.8 Å². The van der Waals surface area contributed by atoms with E-state index in [-0.39, 0.29) is 61.3 Å². The van der Waals surface area contributed by atoms with Crippen molar-refractivity contribution >= 4 is 61.3 Å². The molecule has 0 saturated carbocycles. The second-order valence-corrected chi connectivity index (χ2v) is 6.77. The number of halogens is 4. The predicted molar refractivity (Wildman–Crippen MR) is 134 cm³/mol. The van der Waals surface area contributed by atoms with Crippen molar-refractivity contribution in [1.29, 1.82) is 10.8 Å². The second-order valence-electron chi connectivity index (χ2n) is 6.77. The number of nitrogens with zero attached hydrogens (tertiary/aromatic N) is 2. The van der Waals surface area contributed by atoms with Gasteiger partial charge in [0.1, 0.15) is 11.7 Å². The van der Waals surface area contributed by atoms with Crippen LogP contribution >= 0.6 is 49.6 Å². The summed E-state index contributed by atoms with van der Waals surface area (Å²) in [5.41, 5.74) is 15.1. The molecule has 6 nitrogen and oxygen atoms in total. The van der Waals surface area contributed by atoms with Crippen LogP contribution in [0.2, 0.25) is 0 Å². The van der Waals surface area contributed by atoms with Gasteiger partial charge in [-0.05, 0) is 11.1 Å². The number of amidine groups is 2. The van der Waals surface area contributed by atoms with Gasteiger partial charge in [0.25, 0.3) is 0 Å². The summed E-state index contributed by atoms with van der Waals surface area (Å²) in [5.74, 6) is 0.225. The summed E-state index contributed by atoms with van der Waals surface area (Å²) >= 11 is 0. The average molecular weight is 496 g/mol. The molecule has 1 heterocycles. The van der Waals surface area contributed by atoms with E-state index in [2.05, 4.69) is 34.1 Å². The zero-order valence-corrected chi connectivity index (χ0v) is 19.8. The van der Waals surface area contributed by atoms with Crippen molar-refractivity contribution in [3.63, 3.8) is 0 Å². The first-order valence-electron chi connectivity index (χ1n) is 8.82. The summed E-state index contributed by atoms with van der Waals surface area (Å²) in [6.45, 7) is 6.03. The molecule has 0 unspecified atom stereocenters. The summed E-state index contributed by atoms with van der Waals surface area (Å²) in [4.78, 5) is 4.91. The maximum Gasteiger partial charge on any atom is 0.122 e. The maximum absolute atomic E-state index is 7.45. The molecule has 2 aromatic carbocycles. The van der Waals surface area contributed by atoms with Gasteiger partial charge in [0, 0.05) is 50.4 Å². The van der Waals surface area contributed by atoms with Crippen molar-refractivity contribution < 1.29 is 0 Å². The molecular formula is C20H30Cl4N6. The normalized spacial score (nSPS) is 13.6. The van der Waals surface area contributed by atoms with Crippen LogP contribution in [0.3, 0.4) is 0 Å². The van der Waals surface area contributed by atoms with Gasteiger partial charge in [0.05, 0.1) is 0 Å². The van der Waals surface area contributed by atoms with Crippen molar-refractivity contribution in [2.75, 3.05) is 26.2 Å². The number of nitrogens with one attached hydrogen (secondary N) is 2. The lowest BCUT2D eigenvalue weighted by Gasteiger charge is -2.34. The van der Waals surface area contributed by atoms with Crippen LogP contribution in [0, 0.1) is 10.8 Å². The van der Waals surface area contributed by atoms with Gasteiger partial charge in [-0.1, -0.05) is 48.5 Å². The first kappa shape index (κ1) is 30.7. The standard InChI is InChI=1S/C20H26N6.4ClH/c21-19(22)17-5-1-15(2-6-17)13-25-9-11-26(12-10-25)14-16-3-7-18(8-4-16)20(23)24;;;;/h1-8H,9-14H2,(H3,21,22)(H3,23,24);4*1H. The molecule has 0 radical (unpaired) electrons. The summed E-state index contributed by atoms with van der Waals surface area (Å²) in [7, 11) is 0. The molecule has 6 N–H and O–H groups in total. The molecule has 10 heteroatoms. The number of benzene rings is 2. The van der Waals surface area contributed by atoms with Crippen LogP contribution in [-0.4, -0.2) is 47.7 Å². The number of nitrogens with two attached hydrogens (primary N) is 2. The van der Waals surface area contributed by atoms with Crippen LogP contribution in [0.1, 0.15) is 22.3 Å². The minimum Gasteiger partial charge on any atom is -0.384 e. The van der Waals surface area contributed by atoms with Crippen LogP contribution in [0.4, 0.5) is 0 Å². The van der Waals surface area contributed by atoms with Crippen molar-refractivity contribution in [2.45, 2.75) is 13.1 Å². The number of hydrogen-bond acceptors (Lipinski definition) is 4. The van der Waals surface area contributed by atoms with Gasteiger partial charge in [-0.15, -0.1) is 49.6 Å². The van der Waals surface area contributed by atoms with E-state index in [4.69, 9.17) is 22.3 Å². The van der Waals surface area contributed by atoms with Crippen LogP contribution in [0.5, 0.6) is 0 Å². The molecule has 0 atom stereocenters. The van der Waals surface area contributed by atoms with Gasteiger partial charge < -0.3 is 11.5 Å². The van der Waals surface area contributed by atoms with Crippen LogP contribution in [-0.2, 0) is 13.1 Å². The minimum atomic E-state index is 0. The Morgan fingerprint density at radius 2 is 0.867 bits per heavy atom. The van der Waals surface area contributed by atoms with Crippen LogP contribution in [0.25, 0.3) is 0 Å². The van der Waals surface area contributed by atoms with E-state index >= 15 is 0 Å². The molecule has 1 saturated heterocycles. The van der Waals surface area contributed by atoms with Gasteiger partial charge in [-0.25, -0.2) is 0 Å². The number of nitrogen functional groups attached to an aromatic ring is 2. The Kier molecular flexibility index (Phi) is 14.8. The predicted octanol–water partition coefficient (Wildman–Crippen LogP) is 3.26. The molecule has 1 fully saturated rings. The largest absolute Gasteiger partial charge is 0.384 e. The zero-order valence-electron chi connectivity index (χ0n) is 16.5. The Labute approximate surface area is 203 Å². The lowest BCUT2D eigenvalue weighted by Crippen LogP contribution is -2.45. The third-order valence-electron chi connectivity index (χ3n) is 4.81. The topological polar surface area (TPSA) is 106 Å². The Morgan fingerprint density at radius 3 is 1.10 bits per heavy atom. The summed E-state index contributed by atoms with van der Waals surface area (Å²) < 4.78 is 0. The summed E-state index contributed by atoms with van der Waals surface area (Å²) in [6.07, 6.45) is 0. The fourth-order valence-electron chi connectivity index (χ4n) is 3.20. The molecule has 30 heavy (non-hydrogen) atoms. The molecule has 0 spiro atoms. The van der Waals surface area contributed by atoms with Gasteiger partial charge >= 0.3 is 0 Å². The molecular weight excluding hydrogens is 466 g/mol. The van der Waals surface area contributed by atoms with E-state index in [0.717, 1.165) is 50.4 Å². The molecule has 0 bridgehead atoms. The van der Waals surface area contributed by atoms with E-state index in [1.165, 1.54) is 11.1 Å². The van der Waals surface area contributed by atoms with E-state index in [9.17, 15) is 0 Å². The fourth-order valence-corrected chi connectivity index (χ4v) is 3.20. The third kappa shape index (κ3) is 8.68. The Morgan fingerprint density at radius 1 is 0.600 bits per heavy atom. The summed E-state index contributed by atoms with van der Waals surface area (Å²) in [5, 5.41) is 14.9. The molecule has 1 aliphatic rings. The van der Waals surface area contributed by atoms with Crippen molar-refractivity contribution in [3.8, 4) is 0 Å². The van der Waals surface area contributed by atoms with E-state index < -0.39 is 0 Å². The molecule has 0 aromatic heterocycles. The maximum atomic E-state index is 7.45. The lowest BCUT2D eigenvalue weighted by atomic mass is 10.1. The smallest absolute Gasteiger partial charge is 0.122 e. The van der Waals surface area contributed by atoms with Gasteiger partial charge in [-0.3, -0.25) is 20.6 Å². The van der Waals surface area contributed by atoms with Gasteiger partial charge in [0.2, 0.25) is 0 Å². The minimum absolute atomic E-state index is 0. The molecule has 0 aliphatic carbocycles. The Bertz CT molecular complexity index is 707. The average Bonchev–Trinajstić information content (AvgIpc) is 2.64. The molecule has 2 aromatic rings. The second kappa shape index (κ2) is 14.5. The highest BCUT2D eigenvalue weighted by molar-refractivity contribution is 5.95. The molecule has 168 valence electrons. The number of hydrogen-bond donors (Lipinski definition) is 4. The van der Waals surface area contributed by atoms with Gasteiger partial charge in [-0.2, -0.15) is 0 Å². The number of rotatable bonds is 6. The highest BCUT2D eigenvalue weighted by atomic mass is 35.5. The lowest BCUT2D eigenvalue weighted by molar-refractivity contribution is 0.122. The highest BCUT2D eigenvalue weighted by Gasteiger charge is 2.17. The Hall–Kier alpha value is -1.54. The van der Waals surface area contributed by atoms with Gasteiger partial charge in [0.15, 0.2) is 0 Å². The first-order valence-corrected chi connectivity index (χ1v) is 8.82. The quantitative estimate of drug-likeness (QED) is 0.364. The van der Waals surface area contributed by atoms with E-state index in [1.54, 1.807) is 0 Å². The van der Waals surface area contributed by atoms with E-state index in [0.29, 0.717) is 0 Å². The van der Waals surface area contributed by atoms with Crippen LogP contribution < -0.4 is 11.5 Å². The van der Waals surface area contributed by atoms with E-state index in [1.807, 2.05) is 24.3 Å². The fraction of sp³-hybridized carbons (Fsp3) is 0.300. The highest BCUT2D eigenvalue weighted by Crippen LogP contribution is 2.13. The SMILES string of the molecule is Cl.Cl.Cl.Cl.N=C(N)c1ccc(CN2CCN(Cc3ccc(C(=N)N)cc3)CC2)cc1. The first-order chi connectivity index (χ1) is 12.5. The monoisotopic (exact) mass is 494 g/mol.